The average molecular weight is 476 g/mol. The first-order valence-corrected chi connectivity index (χ1v) is 10.8. The summed E-state index contributed by atoms with van der Waals surface area (Å²) in [6, 6.07) is 0. The Balaban J connectivity index is 1.57. The van der Waals surface area contributed by atoms with Crippen molar-refractivity contribution in [1.82, 2.24) is 0 Å². The van der Waals surface area contributed by atoms with Crippen LogP contribution in [0.5, 0.6) is 0 Å². The van der Waals surface area contributed by atoms with Gasteiger partial charge in [0, 0.05) is 14.0 Å². The molecular formula is C21H32O12. The summed E-state index contributed by atoms with van der Waals surface area (Å²) in [5, 5.41) is 0. The molecule has 0 aromatic carbocycles. The fourth-order valence-corrected chi connectivity index (χ4v) is 4.75. The molecule has 12 nitrogen and oxygen atoms in total. The number of hydrogen-bond donors (Lipinski definition) is 0. The van der Waals surface area contributed by atoms with Gasteiger partial charge >= 0.3 is 11.9 Å². The fourth-order valence-electron chi connectivity index (χ4n) is 4.75. The minimum absolute atomic E-state index is 0.0612. The van der Waals surface area contributed by atoms with Crippen molar-refractivity contribution < 1.29 is 57.0 Å². The Labute approximate surface area is 191 Å². The number of ether oxygens (including phenoxy) is 10. The third kappa shape index (κ3) is 4.63. The summed E-state index contributed by atoms with van der Waals surface area (Å²) in [6.45, 7) is 8.30. The predicted octanol–water partition coefficient (Wildman–Crippen LogP) is 0.246. The van der Waals surface area contributed by atoms with E-state index in [2.05, 4.69) is 0 Å². The lowest BCUT2D eigenvalue weighted by Crippen LogP contribution is -2.61. The predicted molar refractivity (Wildman–Crippen MR) is 106 cm³/mol. The van der Waals surface area contributed by atoms with Gasteiger partial charge in [0.1, 0.15) is 31.0 Å². The minimum atomic E-state index is -1.07. The topological polar surface area (TPSA) is 126 Å². The lowest BCUT2D eigenvalue weighted by atomic mass is 9.98. The van der Waals surface area contributed by atoms with E-state index in [-0.39, 0.29) is 13.2 Å². The summed E-state index contributed by atoms with van der Waals surface area (Å²) in [4.78, 5) is 23.8. The van der Waals surface area contributed by atoms with E-state index >= 15 is 0 Å². The molecule has 0 aromatic heterocycles. The van der Waals surface area contributed by atoms with Gasteiger partial charge in [-0.1, -0.05) is 0 Å². The van der Waals surface area contributed by atoms with E-state index in [9.17, 15) is 9.59 Å². The van der Waals surface area contributed by atoms with Crippen LogP contribution in [-0.4, -0.2) is 99.6 Å². The van der Waals surface area contributed by atoms with Crippen LogP contribution in [0.3, 0.4) is 0 Å². The van der Waals surface area contributed by atoms with Gasteiger partial charge < -0.3 is 47.4 Å². The zero-order valence-electron chi connectivity index (χ0n) is 19.9. The van der Waals surface area contributed by atoms with Gasteiger partial charge in [0.2, 0.25) is 0 Å². The van der Waals surface area contributed by atoms with Gasteiger partial charge in [0.25, 0.3) is 0 Å². The molecule has 4 rings (SSSR count). The first kappa shape index (κ1) is 24.7. The van der Waals surface area contributed by atoms with Gasteiger partial charge in [-0.15, -0.1) is 0 Å². The van der Waals surface area contributed by atoms with Crippen LogP contribution in [0.2, 0.25) is 0 Å². The van der Waals surface area contributed by atoms with E-state index in [1.807, 2.05) is 0 Å². The molecule has 4 fully saturated rings. The Kier molecular flexibility index (Phi) is 6.51. The van der Waals surface area contributed by atoms with E-state index in [1.54, 1.807) is 27.7 Å². The molecule has 188 valence electrons. The average Bonchev–Trinajstić information content (AvgIpc) is 3.31. The quantitative estimate of drug-likeness (QED) is 0.488. The third-order valence-electron chi connectivity index (χ3n) is 5.93. The Morgan fingerprint density at radius 2 is 1.67 bits per heavy atom. The SMILES string of the molecule is COC(=O)[C@H]1O[C@H](OC)[C@H](O[C@@H]2OC[C@@]3(COC(C)=O)OC(C)(C)O[C@@H]23)[C@H]2OC(C)(C)O[C@H]21. The van der Waals surface area contributed by atoms with Crippen molar-refractivity contribution in [3.63, 3.8) is 0 Å². The zero-order valence-corrected chi connectivity index (χ0v) is 19.9. The van der Waals surface area contributed by atoms with Crippen molar-refractivity contribution in [2.45, 2.75) is 94.9 Å². The monoisotopic (exact) mass is 476 g/mol. The molecule has 8 atom stereocenters. The molecule has 0 saturated carbocycles. The molecule has 4 saturated heterocycles. The number of hydrogen-bond acceptors (Lipinski definition) is 12. The Morgan fingerprint density at radius 1 is 0.970 bits per heavy atom. The number of fused-ring (bicyclic) bond motifs is 2. The molecule has 12 heteroatoms. The second-order valence-corrected chi connectivity index (χ2v) is 9.41. The fraction of sp³-hybridized carbons (Fsp3) is 0.905. The number of methoxy groups -OCH3 is 2. The smallest absolute Gasteiger partial charge is 0.337 e. The molecule has 33 heavy (non-hydrogen) atoms. The molecule has 0 aromatic rings. The van der Waals surface area contributed by atoms with Crippen LogP contribution in [0, 0.1) is 0 Å². The van der Waals surface area contributed by atoms with Crippen LogP contribution in [0.15, 0.2) is 0 Å². The molecule has 0 unspecified atom stereocenters. The molecule has 0 spiro atoms. The van der Waals surface area contributed by atoms with Gasteiger partial charge in [-0.2, -0.15) is 0 Å². The van der Waals surface area contributed by atoms with Crippen molar-refractivity contribution in [2.75, 3.05) is 27.4 Å². The molecule has 0 radical (unpaired) electrons. The molecular weight excluding hydrogens is 444 g/mol. The van der Waals surface area contributed by atoms with Gasteiger partial charge in [-0.25, -0.2) is 4.79 Å². The minimum Gasteiger partial charge on any atom is -0.467 e. The normalized spacial score (nSPS) is 43.1. The van der Waals surface area contributed by atoms with E-state index < -0.39 is 72.2 Å². The summed E-state index contributed by atoms with van der Waals surface area (Å²) in [5.41, 5.74) is -1.04. The van der Waals surface area contributed by atoms with Crippen LogP contribution in [0.1, 0.15) is 34.6 Å². The summed E-state index contributed by atoms with van der Waals surface area (Å²) < 4.78 is 57.8. The van der Waals surface area contributed by atoms with E-state index in [4.69, 9.17) is 47.4 Å². The van der Waals surface area contributed by atoms with E-state index in [1.165, 1.54) is 21.1 Å². The highest BCUT2D eigenvalue weighted by Crippen LogP contribution is 2.46. The first-order chi connectivity index (χ1) is 15.4. The first-order valence-electron chi connectivity index (χ1n) is 10.8. The maximum atomic E-state index is 12.3. The summed E-state index contributed by atoms with van der Waals surface area (Å²) in [6.07, 6.45) is -6.06. The molecule has 0 N–H and O–H groups in total. The molecule has 4 aliphatic heterocycles. The van der Waals surface area contributed by atoms with Crippen molar-refractivity contribution >= 4 is 11.9 Å². The van der Waals surface area contributed by atoms with Gasteiger partial charge in [-0.3, -0.25) is 4.79 Å². The van der Waals surface area contributed by atoms with Crippen molar-refractivity contribution in [3.05, 3.63) is 0 Å². The van der Waals surface area contributed by atoms with Crippen LogP contribution in [0.25, 0.3) is 0 Å². The maximum Gasteiger partial charge on any atom is 0.337 e. The highest BCUT2D eigenvalue weighted by molar-refractivity contribution is 5.75. The van der Waals surface area contributed by atoms with Gasteiger partial charge in [0.05, 0.1) is 13.7 Å². The highest BCUT2D eigenvalue weighted by Gasteiger charge is 2.65. The second kappa shape index (κ2) is 8.68. The molecule has 0 bridgehead atoms. The second-order valence-electron chi connectivity index (χ2n) is 9.41. The van der Waals surface area contributed by atoms with Crippen LogP contribution < -0.4 is 0 Å². The van der Waals surface area contributed by atoms with Crippen LogP contribution in [-0.2, 0) is 57.0 Å². The summed E-state index contributed by atoms with van der Waals surface area (Å²) in [7, 11) is 2.69. The molecule has 0 amide bonds. The third-order valence-corrected chi connectivity index (χ3v) is 5.93. The van der Waals surface area contributed by atoms with Gasteiger partial charge in [-0.05, 0) is 27.7 Å². The maximum absolute atomic E-state index is 12.3. The number of rotatable bonds is 6. The zero-order chi connectivity index (χ0) is 24.2. The highest BCUT2D eigenvalue weighted by atomic mass is 16.8. The van der Waals surface area contributed by atoms with Crippen molar-refractivity contribution in [3.8, 4) is 0 Å². The molecule has 4 aliphatic rings. The van der Waals surface area contributed by atoms with Crippen LogP contribution in [0.4, 0.5) is 0 Å². The lowest BCUT2D eigenvalue weighted by molar-refractivity contribution is -0.317. The number of carbonyl (C=O) groups is 2. The van der Waals surface area contributed by atoms with E-state index in [0.29, 0.717) is 0 Å². The van der Waals surface area contributed by atoms with Gasteiger partial charge in [0.15, 0.2) is 35.9 Å². The van der Waals surface area contributed by atoms with E-state index in [0.717, 1.165) is 0 Å². The standard InChI is InChI=1S/C21H32O12/c1-10(22)26-8-21-9-27-18(15(21)32-20(4,5)33-21)29-14-12-11(30-19(2,3)31-12)13(16(23)24-6)28-17(14)25-7/h11-15,17-18H,8-9H2,1-7H3/t11-,12+,13+,14-,15+,17+,18+,21-/m1/s1. The van der Waals surface area contributed by atoms with Crippen molar-refractivity contribution in [2.24, 2.45) is 0 Å². The Bertz CT molecular complexity index is 768. The van der Waals surface area contributed by atoms with Crippen LogP contribution >= 0.6 is 0 Å². The molecule has 0 aliphatic carbocycles. The largest absolute Gasteiger partial charge is 0.467 e. The lowest BCUT2D eigenvalue weighted by Gasteiger charge is -2.41. The number of esters is 2. The summed E-state index contributed by atoms with van der Waals surface area (Å²) >= 11 is 0. The molecule has 4 heterocycles. The Morgan fingerprint density at radius 3 is 2.30 bits per heavy atom. The number of carbonyl (C=O) groups excluding carboxylic acids is 2. The Hall–Kier alpha value is -1.38. The van der Waals surface area contributed by atoms with Crippen molar-refractivity contribution in [1.29, 1.82) is 0 Å². The summed E-state index contributed by atoms with van der Waals surface area (Å²) in [5.74, 6) is -3.01.